The third-order valence-corrected chi connectivity index (χ3v) is 7.65. The van der Waals surface area contributed by atoms with E-state index >= 15 is 0 Å². The summed E-state index contributed by atoms with van der Waals surface area (Å²) in [6.07, 6.45) is 3.21. The van der Waals surface area contributed by atoms with Crippen molar-refractivity contribution < 1.29 is 9.53 Å². The van der Waals surface area contributed by atoms with Crippen LogP contribution < -0.4 is 4.90 Å². The quantitative estimate of drug-likeness (QED) is 0.483. The minimum Gasteiger partial charge on any atom is -0.378 e. The van der Waals surface area contributed by atoms with Gasteiger partial charge in [0, 0.05) is 20.1 Å². The van der Waals surface area contributed by atoms with E-state index in [0.29, 0.717) is 25.5 Å². The molecule has 1 atom stereocenters. The van der Waals surface area contributed by atoms with Crippen molar-refractivity contribution in [3.63, 3.8) is 0 Å². The third kappa shape index (κ3) is 4.98. The van der Waals surface area contributed by atoms with Crippen LogP contribution in [0.1, 0.15) is 35.6 Å². The Balaban J connectivity index is 1.32. The number of morpholine rings is 1. The van der Waals surface area contributed by atoms with Crippen LogP contribution in [-0.2, 0) is 22.5 Å². The van der Waals surface area contributed by atoms with Crippen LogP contribution in [-0.4, -0.2) is 64.7 Å². The lowest BCUT2D eigenvalue weighted by atomic mass is 9.87. The molecule has 0 spiro atoms. The monoisotopic (exact) mass is 477 g/mol. The van der Waals surface area contributed by atoms with Crippen molar-refractivity contribution in [1.82, 2.24) is 19.7 Å². The number of thioether (sulfide) groups is 1. The maximum absolute atomic E-state index is 13.2. The van der Waals surface area contributed by atoms with Crippen LogP contribution >= 0.6 is 11.8 Å². The van der Waals surface area contributed by atoms with Crippen LogP contribution in [0.4, 0.5) is 5.95 Å². The van der Waals surface area contributed by atoms with E-state index in [1.165, 1.54) is 28.5 Å². The number of nitrogens with zero attached hydrogens (tertiary/aromatic N) is 5. The van der Waals surface area contributed by atoms with Gasteiger partial charge in [0.15, 0.2) is 5.16 Å². The molecule has 1 aliphatic heterocycles. The number of aromatic nitrogens is 3. The van der Waals surface area contributed by atoms with Crippen molar-refractivity contribution in [2.75, 3.05) is 44.0 Å². The normalized spacial score (nSPS) is 17.9. The van der Waals surface area contributed by atoms with E-state index in [1.54, 1.807) is 0 Å². The van der Waals surface area contributed by atoms with Gasteiger partial charge in [-0.2, -0.15) is 0 Å². The summed E-state index contributed by atoms with van der Waals surface area (Å²) >= 11 is 1.47. The van der Waals surface area contributed by atoms with Gasteiger partial charge in [0.25, 0.3) is 0 Å². The van der Waals surface area contributed by atoms with Gasteiger partial charge in [-0.05, 0) is 36.0 Å². The number of rotatable bonds is 7. The van der Waals surface area contributed by atoms with Crippen LogP contribution in [0, 0.1) is 0 Å². The van der Waals surface area contributed by atoms with Gasteiger partial charge in [0.1, 0.15) is 0 Å². The number of carbonyl (C=O) groups is 1. The molecule has 3 aromatic rings. The molecule has 1 aliphatic carbocycles. The minimum absolute atomic E-state index is 0.119. The van der Waals surface area contributed by atoms with Gasteiger partial charge < -0.3 is 14.5 Å². The second kappa shape index (κ2) is 10.6. The first-order chi connectivity index (χ1) is 16.7. The molecular weight excluding hydrogens is 446 g/mol. The van der Waals surface area contributed by atoms with E-state index in [1.807, 2.05) is 30.1 Å². The Labute approximate surface area is 205 Å². The SMILES string of the molecule is CN(C(=O)CSc1nnc(N2CCOCC2)n1Cc1ccccc1)C1CCCc2ccccc21. The highest BCUT2D eigenvalue weighted by Crippen LogP contribution is 2.34. The fourth-order valence-corrected chi connectivity index (χ4v) is 5.68. The molecule has 1 saturated heterocycles. The Morgan fingerprint density at radius 1 is 1.09 bits per heavy atom. The molecule has 1 amide bonds. The van der Waals surface area contributed by atoms with E-state index < -0.39 is 0 Å². The summed E-state index contributed by atoms with van der Waals surface area (Å²) in [6.45, 7) is 3.63. The number of fused-ring (bicyclic) bond motifs is 1. The Morgan fingerprint density at radius 3 is 2.68 bits per heavy atom. The van der Waals surface area contributed by atoms with Crippen molar-refractivity contribution in [1.29, 1.82) is 0 Å². The summed E-state index contributed by atoms with van der Waals surface area (Å²) in [7, 11) is 1.93. The van der Waals surface area contributed by atoms with Gasteiger partial charge >= 0.3 is 0 Å². The topological polar surface area (TPSA) is 63.5 Å². The largest absolute Gasteiger partial charge is 0.378 e. The number of amides is 1. The van der Waals surface area contributed by atoms with Crippen molar-refractivity contribution in [2.24, 2.45) is 0 Å². The standard InChI is InChI=1S/C26H31N5O2S/c1-29(23-13-7-11-21-10-5-6-12-22(21)23)24(32)19-34-26-28-27-25(30-14-16-33-17-15-30)31(26)18-20-8-3-2-4-9-20/h2-6,8-10,12,23H,7,11,13-19H2,1H3. The second-order valence-electron chi connectivity index (χ2n) is 8.85. The Morgan fingerprint density at radius 2 is 1.85 bits per heavy atom. The maximum atomic E-state index is 13.2. The maximum Gasteiger partial charge on any atom is 0.233 e. The summed E-state index contributed by atoms with van der Waals surface area (Å²) in [5.74, 6) is 1.30. The average molecular weight is 478 g/mol. The molecule has 178 valence electrons. The number of anilines is 1. The van der Waals surface area contributed by atoms with Gasteiger partial charge in [0.2, 0.25) is 11.9 Å². The van der Waals surface area contributed by atoms with Gasteiger partial charge in [-0.25, -0.2) is 0 Å². The molecule has 0 radical (unpaired) electrons. The van der Waals surface area contributed by atoms with Crippen LogP contribution in [0.5, 0.6) is 0 Å². The number of aryl methyl sites for hydroxylation is 1. The number of ether oxygens (including phenoxy) is 1. The molecule has 2 aromatic carbocycles. The lowest BCUT2D eigenvalue weighted by molar-refractivity contribution is -0.129. The molecular formula is C26H31N5O2S. The smallest absolute Gasteiger partial charge is 0.233 e. The lowest BCUT2D eigenvalue weighted by Crippen LogP contribution is -2.38. The van der Waals surface area contributed by atoms with Gasteiger partial charge in [0.05, 0.1) is 31.6 Å². The Bertz CT molecular complexity index is 1110. The first kappa shape index (κ1) is 22.9. The van der Waals surface area contributed by atoms with E-state index in [9.17, 15) is 4.79 Å². The van der Waals surface area contributed by atoms with Crippen LogP contribution in [0.3, 0.4) is 0 Å². The van der Waals surface area contributed by atoms with Crippen LogP contribution in [0.2, 0.25) is 0 Å². The first-order valence-corrected chi connectivity index (χ1v) is 13.0. The fourth-order valence-electron chi connectivity index (χ4n) is 4.82. The molecule has 2 heterocycles. The highest BCUT2D eigenvalue weighted by Gasteiger charge is 2.27. The highest BCUT2D eigenvalue weighted by molar-refractivity contribution is 7.99. The Kier molecular flexibility index (Phi) is 7.16. The summed E-state index contributed by atoms with van der Waals surface area (Å²) in [5, 5.41) is 9.78. The Hall–Kier alpha value is -2.84. The summed E-state index contributed by atoms with van der Waals surface area (Å²) in [5.41, 5.74) is 3.83. The zero-order valence-corrected chi connectivity index (χ0v) is 20.4. The predicted molar refractivity (Wildman–Crippen MR) is 134 cm³/mol. The van der Waals surface area contributed by atoms with Crippen molar-refractivity contribution in [3.8, 4) is 0 Å². The zero-order valence-electron chi connectivity index (χ0n) is 19.6. The minimum atomic E-state index is 0.119. The van der Waals surface area contributed by atoms with Crippen LogP contribution in [0.15, 0.2) is 59.8 Å². The zero-order chi connectivity index (χ0) is 23.3. The molecule has 5 rings (SSSR count). The van der Waals surface area contributed by atoms with Crippen molar-refractivity contribution >= 4 is 23.6 Å². The molecule has 1 unspecified atom stereocenters. The number of hydrogen-bond donors (Lipinski definition) is 0. The average Bonchev–Trinajstić information content (AvgIpc) is 3.29. The fraction of sp³-hybridized carbons (Fsp3) is 0.423. The summed E-state index contributed by atoms with van der Waals surface area (Å²) in [4.78, 5) is 17.4. The summed E-state index contributed by atoms with van der Waals surface area (Å²) < 4.78 is 7.65. The lowest BCUT2D eigenvalue weighted by Gasteiger charge is -2.33. The molecule has 1 aromatic heterocycles. The van der Waals surface area contributed by atoms with Gasteiger partial charge in [-0.1, -0.05) is 66.4 Å². The van der Waals surface area contributed by atoms with Gasteiger partial charge in [-0.15, -0.1) is 10.2 Å². The molecule has 0 N–H and O–H groups in total. The van der Waals surface area contributed by atoms with Crippen molar-refractivity contribution in [2.45, 2.75) is 37.0 Å². The predicted octanol–water partition coefficient (Wildman–Crippen LogP) is 3.79. The highest BCUT2D eigenvalue weighted by atomic mass is 32.2. The van der Waals surface area contributed by atoms with Crippen molar-refractivity contribution in [3.05, 3.63) is 71.3 Å². The first-order valence-electron chi connectivity index (χ1n) is 12.0. The van der Waals surface area contributed by atoms with E-state index in [0.717, 1.165) is 43.5 Å². The molecule has 8 heteroatoms. The summed E-state index contributed by atoms with van der Waals surface area (Å²) in [6, 6.07) is 19.0. The van der Waals surface area contributed by atoms with E-state index in [4.69, 9.17) is 4.74 Å². The van der Waals surface area contributed by atoms with E-state index in [2.05, 4.69) is 56.1 Å². The van der Waals surface area contributed by atoms with E-state index in [-0.39, 0.29) is 11.9 Å². The second-order valence-corrected chi connectivity index (χ2v) is 9.80. The molecule has 0 bridgehead atoms. The number of hydrogen-bond acceptors (Lipinski definition) is 6. The molecule has 1 fully saturated rings. The van der Waals surface area contributed by atoms with Gasteiger partial charge in [-0.3, -0.25) is 9.36 Å². The molecule has 34 heavy (non-hydrogen) atoms. The number of carbonyl (C=O) groups excluding carboxylic acids is 1. The molecule has 0 saturated carbocycles. The van der Waals surface area contributed by atoms with Crippen LogP contribution in [0.25, 0.3) is 0 Å². The molecule has 2 aliphatic rings. The third-order valence-electron chi connectivity index (χ3n) is 6.70. The molecule has 7 nitrogen and oxygen atoms in total. The number of benzene rings is 2.